The van der Waals surface area contributed by atoms with Gasteiger partial charge in [0.15, 0.2) is 0 Å². The van der Waals surface area contributed by atoms with Crippen LogP contribution in [0.15, 0.2) is 28.7 Å². The molecule has 1 atom stereocenters. The molecular weight excluding hydrogens is 179 g/mol. The van der Waals surface area contributed by atoms with Gasteiger partial charge in [0.25, 0.3) is 6.01 Å². The number of halogens is 1. The van der Waals surface area contributed by atoms with Crippen molar-refractivity contribution in [1.82, 2.24) is 0 Å². The van der Waals surface area contributed by atoms with E-state index in [2.05, 4.69) is 0 Å². The second-order valence-corrected chi connectivity index (χ2v) is 3.59. The number of rotatable bonds is 2. The van der Waals surface area contributed by atoms with Crippen molar-refractivity contribution in [2.24, 2.45) is 0 Å². The van der Waals surface area contributed by atoms with Crippen LogP contribution in [0.5, 0.6) is 0 Å². The van der Waals surface area contributed by atoms with E-state index in [0.29, 0.717) is 11.1 Å². The highest BCUT2D eigenvalue weighted by molar-refractivity contribution is 5.81. The average Bonchev–Trinajstić information content (AvgIpc) is 2.53. The lowest BCUT2D eigenvalue weighted by molar-refractivity contribution is 0.368. The van der Waals surface area contributed by atoms with Gasteiger partial charge in [0.1, 0.15) is 5.58 Å². The second-order valence-electron chi connectivity index (χ2n) is 3.59. The van der Waals surface area contributed by atoms with Crippen molar-refractivity contribution in [3.63, 3.8) is 0 Å². The maximum atomic E-state index is 13.5. The zero-order valence-electron chi connectivity index (χ0n) is 8.38. The lowest BCUT2D eigenvalue weighted by Gasteiger charge is -2.05. The first-order valence-corrected chi connectivity index (χ1v) is 4.91. The molecule has 1 nitrogen and oxygen atoms in total. The Kier molecular flexibility index (Phi) is 2.28. The third-order valence-corrected chi connectivity index (χ3v) is 2.69. The molecule has 0 bridgehead atoms. The fourth-order valence-corrected chi connectivity index (χ4v) is 1.70. The van der Waals surface area contributed by atoms with Gasteiger partial charge in [-0.15, -0.1) is 0 Å². The number of para-hydroxylation sites is 1. The predicted octanol–water partition coefficient (Wildman–Crippen LogP) is 4.09. The molecule has 0 aliphatic carbocycles. The first-order chi connectivity index (χ1) is 6.74. The number of furan rings is 1. The number of hydrogen-bond acceptors (Lipinski definition) is 1. The smallest absolute Gasteiger partial charge is 0.282 e. The van der Waals surface area contributed by atoms with E-state index < -0.39 is 6.01 Å². The summed E-state index contributed by atoms with van der Waals surface area (Å²) in [5, 5.41) is 0.902. The summed E-state index contributed by atoms with van der Waals surface area (Å²) >= 11 is 0. The number of benzene rings is 1. The molecule has 0 fully saturated rings. The van der Waals surface area contributed by atoms with Gasteiger partial charge in [-0.05, 0) is 18.4 Å². The Morgan fingerprint density at radius 2 is 2.07 bits per heavy atom. The van der Waals surface area contributed by atoms with Gasteiger partial charge in [-0.1, -0.05) is 32.0 Å². The topological polar surface area (TPSA) is 13.1 Å². The average molecular weight is 192 g/mol. The lowest BCUT2D eigenvalue weighted by Crippen LogP contribution is -1.92. The molecule has 74 valence electrons. The molecule has 14 heavy (non-hydrogen) atoms. The van der Waals surface area contributed by atoms with Crippen LogP contribution >= 0.6 is 0 Å². The van der Waals surface area contributed by atoms with Gasteiger partial charge in [-0.25, -0.2) is 0 Å². The third-order valence-electron chi connectivity index (χ3n) is 2.69. The number of hydrogen-bond donors (Lipinski definition) is 0. The van der Waals surface area contributed by atoms with Gasteiger partial charge in [0, 0.05) is 10.9 Å². The molecule has 1 aromatic carbocycles. The van der Waals surface area contributed by atoms with E-state index in [-0.39, 0.29) is 5.92 Å². The van der Waals surface area contributed by atoms with Gasteiger partial charge in [0.2, 0.25) is 0 Å². The van der Waals surface area contributed by atoms with Crippen LogP contribution in [-0.4, -0.2) is 0 Å². The Bertz CT molecular complexity index is 445. The van der Waals surface area contributed by atoms with Gasteiger partial charge in [-0.2, -0.15) is 4.39 Å². The van der Waals surface area contributed by atoms with Crippen LogP contribution in [0.4, 0.5) is 4.39 Å². The zero-order chi connectivity index (χ0) is 10.1. The summed E-state index contributed by atoms with van der Waals surface area (Å²) in [7, 11) is 0. The number of fused-ring (bicyclic) bond motifs is 1. The van der Waals surface area contributed by atoms with E-state index in [0.717, 1.165) is 11.8 Å². The molecule has 0 saturated carbocycles. The summed E-state index contributed by atoms with van der Waals surface area (Å²) in [6.07, 6.45) is 0.917. The first kappa shape index (κ1) is 9.25. The van der Waals surface area contributed by atoms with E-state index in [1.165, 1.54) is 0 Å². The van der Waals surface area contributed by atoms with Crippen molar-refractivity contribution >= 4 is 11.0 Å². The van der Waals surface area contributed by atoms with Crippen molar-refractivity contribution in [3.05, 3.63) is 35.8 Å². The standard InChI is InChI=1S/C12H13FO/c1-3-8(2)11-9-6-4-5-7-10(9)14-12(11)13/h4-8H,3H2,1-2H3. The van der Waals surface area contributed by atoms with Crippen LogP contribution in [0.2, 0.25) is 0 Å². The molecule has 2 rings (SSSR count). The van der Waals surface area contributed by atoms with Crippen molar-refractivity contribution in [1.29, 1.82) is 0 Å². The summed E-state index contributed by atoms with van der Waals surface area (Å²) in [6, 6.07) is 7.03. The molecule has 2 aromatic rings. The maximum Gasteiger partial charge on any atom is 0.282 e. The Morgan fingerprint density at radius 1 is 1.36 bits per heavy atom. The van der Waals surface area contributed by atoms with E-state index in [1.807, 2.05) is 32.0 Å². The fraction of sp³-hybridized carbons (Fsp3) is 0.333. The highest BCUT2D eigenvalue weighted by Crippen LogP contribution is 2.31. The van der Waals surface area contributed by atoms with Gasteiger partial charge < -0.3 is 4.42 Å². The minimum Gasteiger partial charge on any atom is -0.431 e. The first-order valence-electron chi connectivity index (χ1n) is 4.91. The molecule has 0 spiro atoms. The summed E-state index contributed by atoms with van der Waals surface area (Å²) in [5.41, 5.74) is 1.35. The van der Waals surface area contributed by atoms with Crippen LogP contribution in [-0.2, 0) is 0 Å². The summed E-state index contributed by atoms with van der Waals surface area (Å²) in [5.74, 6) is 0.207. The molecular formula is C12H13FO. The molecule has 2 heteroatoms. The van der Waals surface area contributed by atoms with Crippen molar-refractivity contribution in [3.8, 4) is 0 Å². The maximum absolute atomic E-state index is 13.5. The zero-order valence-corrected chi connectivity index (χ0v) is 8.38. The Labute approximate surface area is 82.5 Å². The Balaban J connectivity index is 2.67. The summed E-state index contributed by atoms with van der Waals surface area (Å²) in [4.78, 5) is 0. The van der Waals surface area contributed by atoms with Gasteiger partial charge in [-0.3, -0.25) is 0 Å². The predicted molar refractivity (Wildman–Crippen MR) is 54.9 cm³/mol. The van der Waals surface area contributed by atoms with E-state index >= 15 is 0 Å². The molecule has 0 amide bonds. The van der Waals surface area contributed by atoms with Crippen LogP contribution in [0, 0.1) is 6.01 Å². The largest absolute Gasteiger partial charge is 0.431 e. The quantitative estimate of drug-likeness (QED) is 0.698. The minimum absolute atomic E-state index is 0.207. The molecule has 1 heterocycles. The summed E-state index contributed by atoms with van der Waals surface area (Å²) < 4.78 is 18.5. The van der Waals surface area contributed by atoms with E-state index in [1.54, 1.807) is 6.07 Å². The fourth-order valence-electron chi connectivity index (χ4n) is 1.70. The summed E-state index contributed by atoms with van der Waals surface area (Å²) in [6.45, 7) is 4.06. The molecule has 0 aliphatic rings. The van der Waals surface area contributed by atoms with Gasteiger partial charge >= 0.3 is 0 Å². The third kappa shape index (κ3) is 1.31. The second kappa shape index (κ2) is 3.45. The van der Waals surface area contributed by atoms with Crippen LogP contribution in [0.1, 0.15) is 31.7 Å². The van der Waals surface area contributed by atoms with E-state index in [9.17, 15) is 4.39 Å². The van der Waals surface area contributed by atoms with Crippen molar-refractivity contribution < 1.29 is 8.81 Å². The molecule has 0 aliphatic heterocycles. The molecule has 0 N–H and O–H groups in total. The monoisotopic (exact) mass is 192 g/mol. The lowest BCUT2D eigenvalue weighted by atomic mass is 9.98. The molecule has 1 aromatic heterocycles. The van der Waals surface area contributed by atoms with Crippen LogP contribution in [0.25, 0.3) is 11.0 Å². The van der Waals surface area contributed by atoms with Crippen LogP contribution < -0.4 is 0 Å². The molecule has 1 unspecified atom stereocenters. The highest BCUT2D eigenvalue weighted by Gasteiger charge is 2.17. The van der Waals surface area contributed by atoms with Crippen LogP contribution in [0.3, 0.4) is 0 Å². The highest BCUT2D eigenvalue weighted by atomic mass is 19.1. The van der Waals surface area contributed by atoms with Gasteiger partial charge in [0.05, 0.1) is 0 Å². The SMILES string of the molecule is CCC(C)c1c(F)oc2ccccc12. The molecule has 0 saturated heterocycles. The Hall–Kier alpha value is -1.31. The van der Waals surface area contributed by atoms with Crippen molar-refractivity contribution in [2.75, 3.05) is 0 Å². The van der Waals surface area contributed by atoms with Crippen molar-refractivity contribution in [2.45, 2.75) is 26.2 Å². The minimum atomic E-state index is -0.430. The Morgan fingerprint density at radius 3 is 2.79 bits per heavy atom. The molecule has 0 radical (unpaired) electrons. The van der Waals surface area contributed by atoms with E-state index in [4.69, 9.17) is 4.42 Å². The normalized spacial score (nSPS) is 13.4.